The molecule has 0 spiro atoms. The van der Waals surface area contributed by atoms with Crippen molar-refractivity contribution in [3.63, 3.8) is 0 Å². The molecule has 1 atom stereocenters. The number of hydrogen-bond donors (Lipinski definition) is 2. The van der Waals surface area contributed by atoms with Gasteiger partial charge in [-0.25, -0.2) is 9.80 Å². The fraction of sp³-hybridized carbons (Fsp3) is 0.286. The van der Waals surface area contributed by atoms with Crippen molar-refractivity contribution in [3.05, 3.63) is 63.2 Å². The van der Waals surface area contributed by atoms with Crippen LogP contribution < -0.4 is 20.1 Å². The molecule has 0 bridgehead atoms. The van der Waals surface area contributed by atoms with E-state index in [0.29, 0.717) is 29.2 Å². The first-order chi connectivity index (χ1) is 15.3. The van der Waals surface area contributed by atoms with Crippen molar-refractivity contribution in [2.24, 2.45) is 5.10 Å². The highest BCUT2D eigenvalue weighted by molar-refractivity contribution is 7.80. The Morgan fingerprint density at radius 1 is 1.22 bits per heavy atom. The van der Waals surface area contributed by atoms with Gasteiger partial charge in [-0.3, -0.25) is 15.4 Å². The van der Waals surface area contributed by atoms with Gasteiger partial charge in [-0.15, -0.1) is 0 Å². The number of hydrogen-bond acceptors (Lipinski definition) is 7. The number of carbonyl (C=O) groups is 1. The molecule has 168 valence electrons. The smallest absolute Gasteiger partial charge is 0.320 e. The number of rotatable bonds is 4. The molecule has 0 aliphatic carbocycles. The maximum Gasteiger partial charge on any atom is 0.320 e. The normalized spacial score (nSPS) is 15.1. The number of ether oxygens (including phenoxy) is 2. The molecule has 1 aliphatic heterocycles. The molecule has 1 aliphatic rings. The first kappa shape index (κ1) is 22.9. The van der Waals surface area contributed by atoms with Crippen LogP contribution in [-0.4, -0.2) is 54.1 Å². The Morgan fingerprint density at radius 3 is 2.41 bits per heavy atom. The lowest BCUT2D eigenvalue weighted by atomic mass is 9.94. The van der Waals surface area contributed by atoms with Gasteiger partial charge in [-0.05, 0) is 55.4 Å². The second-order valence-corrected chi connectivity index (χ2v) is 7.41. The molecule has 1 heterocycles. The molecule has 0 saturated heterocycles. The Labute approximate surface area is 190 Å². The summed E-state index contributed by atoms with van der Waals surface area (Å²) in [6, 6.07) is 9.12. The number of nitrogens with zero attached hydrogens (tertiary/aromatic N) is 3. The zero-order valence-corrected chi connectivity index (χ0v) is 18.9. The van der Waals surface area contributed by atoms with Crippen molar-refractivity contribution in [2.45, 2.75) is 19.4 Å². The molecular weight excluding hydrogens is 434 g/mol. The van der Waals surface area contributed by atoms with Gasteiger partial charge in [0, 0.05) is 30.3 Å². The van der Waals surface area contributed by atoms with Crippen molar-refractivity contribution in [2.75, 3.05) is 21.3 Å². The standard InChI is InChI=1S/C21H23N5O5S/c1-12-9-14-10-17(30-3)18(31-4)11-16(14)19(13-5-7-15(8-6-13)26(28)29)24-25(12)21(32)23-20(27)22-2/h5-8,10-12H,9H2,1-4H3,(H2,22,23,27,32). The van der Waals surface area contributed by atoms with Crippen molar-refractivity contribution in [1.82, 2.24) is 15.6 Å². The molecule has 32 heavy (non-hydrogen) atoms. The van der Waals surface area contributed by atoms with Gasteiger partial charge in [-0.2, -0.15) is 5.10 Å². The molecule has 0 fully saturated rings. The van der Waals surface area contributed by atoms with Crippen LogP contribution in [0.1, 0.15) is 23.6 Å². The second kappa shape index (κ2) is 9.60. The third-order valence-electron chi connectivity index (χ3n) is 5.01. The summed E-state index contributed by atoms with van der Waals surface area (Å²) in [5, 5.41) is 22.6. The van der Waals surface area contributed by atoms with Gasteiger partial charge < -0.3 is 14.8 Å². The summed E-state index contributed by atoms with van der Waals surface area (Å²) >= 11 is 5.43. The summed E-state index contributed by atoms with van der Waals surface area (Å²) in [6.07, 6.45) is 0.547. The Balaban J connectivity index is 2.18. The molecule has 0 aromatic heterocycles. The largest absolute Gasteiger partial charge is 0.493 e. The Kier molecular flexibility index (Phi) is 6.89. The average Bonchev–Trinajstić information content (AvgIpc) is 2.93. The summed E-state index contributed by atoms with van der Waals surface area (Å²) in [5.74, 6) is 1.09. The number of methoxy groups -OCH3 is 2. The molecule has 0 radical (unpaired) electrons. The quantitative estimate of drug-likeness (QED) is 0.412. The molecular formula is C21H23N5O5S. The zero-order chi connectivity index (χ0) is 23.4. The lowest BCUT2D eigenvalue weighted by molar-refractivity contribution is -0.384. The number of nitrogens with one attached hydrogen (secondary N) is 2. The zero-order valence-electron chi connectivity index (χ0n) is 18.0. The van der Waals surface area contributed by atoms with Crippen molar-refractivity contribution in [3.8, 4) is 11.5 Å². The van der Waals surface area contributed by atoms with E-state index in [4.69, 9.17) is 26.8 Å². The number of fused-ring (bicyclic) bond motifs is 1. The maximum absolute atomic E-state index is 11.8. The predicted molar refractivity (Wildman–Crippen MR) is 123 cm³/mol. The van der Waals surface area contributed by atoms with Crippen LogP contribution in [0.2, 0.25) is 0 Å². The number of amides is 2. The predicted octanol–water partition coefficient (Wildman–Crippen LogP) is 2.82. The van der Waals surface area contributed by atoms with Gasteiger partial charge >= 0.3 is 6.03 Å². The number of benzene rings is 2. The monoisotopic (exact) mass is 457 g/mol. The van der Waals surface area contributed by atoms with E-state index in [2.05, 4.69) is 10.6 Å². The number of non-ortho nitro benzene ring substituents is 1. The van der Waals surface area contributed by atoms with Gasteiger partial charge in [0.05, 0.1) is 30.9 Å². The van der Waals surface area contributed by atoms with Crippen molar-refractivity contribution >= 4 is 34.8 Å². The summed E-state index contributed by atoms with van der Waals surface area (Å²) in [7, 11) is 4.59. The molecule has 2 aromatic rings. The number of carbonyl (C=O) groups excluding carboxylic acids is 1. The van der Waals surface area contributed by atoms with Crippen LogP contribution in [-0.2, 0) is 6.42 Å². The molecule has 2 amide bonds. The third kappa shape index (κ3) is 4.62. The minimum absolute atomic E-state index is 0.0301. The third-order valence-corrected chi connectivity index (χ3v) is 5.30. The molecule has 0 saturated carbocycles. The average molecular weight is 458 g/mol. The van der Waals surface area contributed by atoms with Crippen LogP contribution in [0.25, 0.3) is 0 Å². The summed E-state index contributed by atoms with van der Waals surface area (Å²) in [5.41, 5.74) is 2.84. The molecule has 10 nitrogen and oxygen atoms in total. The van der Waals surface area contributed by atoms with Gasteiger partial charge in [-0.1, -0.05) is 0 Å². The number of urea groups is 1. The van der Waals surface area contributed by atoms with E-state index < -0.39 is 11.0 Å². The van der Waals surface area contributed by atoms with Crippen molar-refractivity contribution in [1.29, 1.82) is 0 Å². The lowest BCUT2D eigenvalue weighted by Crippen LogP contribution is -2.47. The van der Waals surface area contributed by atoms with Crippen LogP contribution in [0.15, 0.2) is 41.5 Å². The van der Waals surface area contributed by atoms with Crippen LogP contribution in [0.4, 0.5) is 10.5 Å². The van der Waals surface area contributed by atoms with Gasteiger partial charge in [0.15, 0.2) is 16.6 Å². The van der Waals surface area contributed by atoms with Crippen LogP contribution >= 0.6 is 12.2 Å². The minimum atomic E-state index is -0.461. The summed E-state index contributed by atoms with van der Waals surface area (Å²) < 4.78 is 10.9. The van der Waals surface area contributed by atoms with E-state index in [9.17, 15) is 14.9 Å². The van der Waals surface area contributed by atoms with Gasteiger partial charge in [0.1, 0.15) is 0 Å². The van der Waals surface area contributed by atoms with Crippen LogP contribution in [0, 0.1) is 10.1 Å². The first-order valence-electron chi connectivity index (χ1n) is 9.69. The van der Waals surface area contributed by atoms with Gasteiger partial charge in [0.25, 0.3) is 5.69 Å². The molecule has 3 rings (SSSR count). The molecule has 1 unspecified atom stereocenters. The maximum atomic E-state index is 11.8. The highest BCUT2D eigenvalue weighted by Crippen LogP contribution is 2.34. The Bertz CT molecular complexity index is 1090. The Morgan fingerprint density at radius 2 is 1.84 bits per heavy atom. The molecule has 2 aromatic carbocycles. The topological polar surface area (TPSA) is 118 Å². The summed E-state index contributed by atoms with van der Waals surface area (Å²) in [6.45, 7) is 1.93. The van der Waals surface area contributed by atoms with E-state index in [1.807, 2.05) is 19.1 Å². The number of thiocarbonyl (C=S) groups is 1. The van der Waals surface area contributed by atoms with Crippen LogP contribution in [0.5, 0.6) is 11.5 Å². The molecule has 2 N–H and O–H groups in total. The molecule has 11 heteroatoms. The first-order valence-corrected chi connectivity index (χ1v) is 10.1. The lowest BCUT2D eigenvalue weighted by Gasteiger charge is -2.25. The highest BCUT2D eigenvalue weighted by Gasteiger charge is 2.28. The Hall–Kier alpha value is -3.73. The van der Waals surface area contributed by atoms with E-state index in [1.165, 1.54) is 19.2 Å². The minimum Gasteiger partial charge on any atom is -0.493 e. The SMILES string of the molecule is CNC(=O)NC(=S)N1N=C(c2ccc([N+](=O)[O-])cc2)c2cc(OC)c(OC)cc2CC1C. The summed E-state index contributed by atoms with van der Waals surface area (Å²) in [4.78, 5) is 22.4. The van der Waals surface area contributed by atoms with E-state index in [-0.39, 0.29) is 16.8 Å². The number of nitro groups is 1. The van der Waals surface area contributed by atoms with Crippen molar-refractivity contribution < 1.29 is 19.2 Å². The fourth-order valence-electron chi connectivity index (χ4n) is 3.39. The fourth-order valence-corrected chi connectivity index (χ4v) is 3.71. The number of nitro benzene ring substituents is 1. The highest BCUT2D eigenvalue weighted by atomic mass is 32.1. The van der Waals surface area contributed by atoms with Gasteiger partial charge in [0.2, 0.25) is 0 Å². The van der Waals surface area contributed by atoms with E-state index >= 15 is 0 Å². The van der Waals surface area contributed by atoms with E-state index in [1.54, 1.807) is 31.4 Å². The van der Waals surface area contributed by atoms with E-state index in [0.717, 1.165) is 11.1 Å². The number of hydrazone groups is 1. The van der Waals surface area contributed by atoms with Crippen LogP contribution in [0.3, 0.4) is 0 Å². The second-order valence-electron chi connectivity index (χ2n) is 7.02.